The van der Waals surface area contributed by atoms with Gasteiger partial charge in [0.1, 0.15) is 11.5 Å². The molecule has 1 N–H and O–H groups in total. The zero-order chi connectivity index (χ0) is 15.1. The number of hydrogen-bond donors (Lipinski definition) is 1. The van der Waals surface area contributed by atoms with E-state index in [1.807, 2.05) is 6.07 Å². The van der Waals surface area contributed by atoms with Crippen LogP contribution in [0.15, 0.2) is 16.5 Å². The first-order valence-corrected chi connectivity index (χ1v) is 8.62. The Labute approximate surface area is 129 Å². The predicted molar refractivity (Wildman–Crippen MR) is 82.6 cm³/mol. The van der Waals surface area contributed by atoms with Crippen molar-refractivity contribution < 1.29 is 13.2 Å². The SMILES string of the molecule is CCN1CCC(CNCc2ccc(CSC(F)F)o2)CC1. The lowest BCUT2D eigenvalue weighted by atomic mass is 9.97. The number of halogens is 2. The molecule has 0 saturated carbocycles. The van der Waals surface area contributed by atoms with E-state index in [1.165, 1.54) is 25.9 Å². The molecule has 2 heterocycles. The zero-order valence-corrected chi connectivity index (χ0v) is 13.3. The third kappa shape index (κ3) is 5.96. The van der Waals surface area contributed by atoms with Crippen molar-refractivity contribution in [3.63, 3.8) is 0 Å². The van der Waals surface area contributed by atoms with Gasteiger partial charge in [-0.2, -0.15) is 8.78 Å². The van der Waals surface area contributed by atoms with Crippen LogP contribution in [0.25, 0.3) is 0 Å². The van der Waals surface area contributed by atoms with Crippen molar-refractivity contribution in [1.29, 1.82) is 0 Å². The minimum Gasteiger partial charge on any atom is -0.464 e. The van der Waals surface area contributed by atoms with Gasteiger partial charge in [0.25, 0.3) is 5.76 Å². The lowest BCUT2D eigenvalue weighted by molar-refractivity contribution is 0.189. The number of alkyl halides is 2. The highest BCUT2D eigenvalue weighted by Crippen LogP contribution is 2.21. The van der Waals surface area contributed by atoms with Crippen LogP contribution in [-0.2, 0) is 12.3 Å². The molecule has 0 spiro atoms. The Balaban J connectivity index is 1.62. The summed E-state index contributed by atoms with van der Waals surface area (Å²) in [5.41, 5.74) is 0. The van der Waals surface area contributed by atoms with Gasteiger partial charge < -0.3 is 14.6 Å². The molecule has 1 fully saturated rings. The molecule has 0 unspecified atom stereocenters. The van der Waals surface area contributed by atoms with Crippen LogP contribution in [0.1, 0.15) is 31.3 Å². The van der Waals surface area contributed by atoms with Gasteiger partial charge in [-0.15, -0.1) is 0 Å². The van der Waals surface area contributed by atoms with Gasteiger partial charge in [0.05, 0.1) is 12.3 Å². The summed E-state index contributed by atoms with van der Waals surface area (Å²) in [6.07, 6.45) is 2.49. The molecule has 0 bridgehead atoms. The standard InChI is InChI=1S/C15H24F2N2OS/c1-2-19-7-5-12(6-8-19)9-18-10-13-3-4-14(20-13)11-21-15(16)17/h3-4,12,15,18H,2,5-11H2,1H3. The molecule has 0 radical (unpaired) electrons. The molecule has 2 rings (SSSR count). The number of likely N-dealkylation sites (tertiary alicyclic amines) is 1. The molecule has 120 valence electrons. The van der Waals surface area contributed by atoms with Gasteiger partial charge in [-0.1, -0.05) is 18.7 Å². The summed E-state index contributed by atoms with van der Waals surface area (Å²) in [6.45, 7) is 7.41. The first-order valence-electron chi connectivity index (χ1n) is 7.57. The van der Waals surface area contributed by atoms with Crippen LogP contribution in [0.5, 0.6) is 0 Å². The molecular formula is C15H24F2N2OS. The van der Waals surface area contributed by atoms with E-state index in [0.29, 0.717) is 24.1 Å². The molecule has 6 heteroatoms. The van der Waals surface area contributed by atoms with Crippen LogP contribution in [0, 0.1) is 5.92 Å². The van der Waals surface area contributed by atoms with Crippen LogP contribution < -0.4 is 5.32 Å². The fourth-order valence-corrected chi connectivity index (χ4v) is 3.09. The minimum atomic E-state index is -2.34. The second-order valence-corrected chi connectivity index (χ2v) is 6.43. The number of nitrogens with zero attached hydrogens (tertiary/aromatic N) is 1. The van der Waals surface area contributed by atoms with Crippen molar-refractivity contribution in [3.05, 3.63) is 23.7 Å². The first kappa shape index (κ1) is 16.8. The van der Waals surface area contributed by atoms with E-state index >= 15 is 0 Å². The van der Waals surface area contributed by atoms with Gasteiger partial charge in [-0.25, -0.2) is 0 Å². The molecule has 1 saturated heterocycles. The highest BCUT2D eigenvalue weighted by atomic mass is 32.2. The molecular weight excluding hydrogens is 294 g/mol. The number of rotatable bonds is 8. The summed E-state index contributed by atoms with van der Waals surface area (Å²) >= 11 is 0.594. The van der Waals surface area contributed by atoms with E-state index in [-0.39, 0.29) is 5.75 Å². The van der Waals surface area contributed by atoms with Crippen LogP contribution in [0.3, 0.4) is 0 Å². The topological polar surface area (TPSA) is 28.4 Å². The van der Waals surface area contributed by atoms with Crippen molar-refractivity contribution >= 4 is 11.8 Å². The average Bonchev–Trinajstić information content (AvgIpc) is 2.94. The third-order valence-electron chi connectivity index (χ3n) is 3.96. The van der Waals surface area contributed by atoms with Crippen molar-refractivity contribution in [2.75, 3.05) is 26.2 Å². The average molecular weight is 318 g/mol. The molecule has 0 atom stereocenters. The van der Waals surface area contributed by atoms with Gasteiger partial charge in [-0.3, -0.25) is 0 Å². The summed E-state index contributed by atoms with van der Waals surface area (Å²) in [5, 5.41) is 3.42. The zero-order valence-electron chi connectivity index (χ0n) is 12.5. The molecule has 3 nitrogen and oxygen atoms in total. The molecule has 1 aromatic rings. The molecule has 21 heavy (non-hydrogen) atoms. The van der Waals surface area contributed by atoms with Crippen molar-refractivity contribution in [2.24, 2.45) is 5.92 Å². The number of thioether (sulfide) groups is 1. The molecule has 0 amide bonds. The summed E-state index contributed by atoms with van der Waals surface area (Å²) in [5.74, 6) is 0.0640. The number of furan rings is 1. The molecule has 1 aromatic heterocycles. The smallest absolute Gasteiger partial charge is 0.284 e. The van der Waals surface area contributed by atoms with Gasteiger partial charge in [0.15, 0.2) is 0 Å². The van der Waals surface area contributed by atoms with E-state index in [9.17, 15) is 8.78 Å². The maximum Gasteiger partial charge on any atom is 0.284 e. The molecule has 1 aliphatic heterocycles. The van der Waals surface area contributed by atoms with Crippen LogP contribution in [0.2, 0.25) is 0 Å². The van der Waals surface area contributed by atoms with E-state index in [1.54, 1.807) is 6.07 Å². The summed E-state index contributed by atoms with van der Waals surface area (Å²) < 4.78 is 29.7. The highest BCUT2D eigenvalue weighted by molar-refractivity contribution is 7.98. The van der Waals surface area contributed by atoms with Crippen molar-refractivity contribution in [1.82, 2.24) is 10.2 Å². The Morgan fingerprint density at radius 2 is 2.05 bits per heavy atom. The van der Waals surface area contributed by atoms with Gasteiger partial charge in [0.2, 0.25) is 0 Å². The number of hydrogen-bond acceptors (Lipinski definition) is 4. The monoisotopic (exact) mass is 318 g/mol. The quantitative estimate of drug-likeness (QED) is 0.793. The fourth-order valence-electron chi connectivity index (χ4n) is 2.65. The maximum absolute atomic E-state index is 12.1. The predicted octanol–water partition coefficient (Wildman–Crippen LogP) is 3.56. The number of nitrogens with one attached hydrogen (secondary N) is 1. The van der Waals surface area contributed by atoms with E-state index in [2.05, 4.69) is 17.1 Å². The second-order valence-electron chi connectivity index (χ2n) is 5.45. The Bertz CT molecular complexity index is 406. The normalized spacial score (nSPS) is 17.7. The van der Waals surface area contributed by atoms with Crippen molar-refractivity contribution in [3.8, 4) is 0 Å². The Hall–Kier alpha value is -0.590. The van der Waals surface area contributed by atoms with Gasteiger partial charge in [-0.05, 0) is 57.1 Å². The molecule has 0 aliphatic carbocycles. The lowest BCUT2D eigenvalue weighted by Crippen LogP contribution is -2.36. The molecule has 1 aliphatic rings. The number of piperidine rings is 1. The van der Waals surface area contributed by atoms with Gasteiger partial charge in [0, 0.05) is 0 Å². The van der Waals surface area contributed by atoms with E-state index in [0.717, 1.165) is 24.8 Å². The lowest BCUT2D eigenvalue weighted by Gasteiger charge is -2.31. The Morgan fingerprint density at radius 3 is 2.71 bits per heavy atom. The van der Waals surface area contributed by atoms with E-state index < -0.39 is 5.76 Å². The third-order valence-corrected chi connectivity index (χ3v) is 4.66. The molecule has 0 aromatic carbocycles. The fraction of sp³-hybridized carbons (Fsp3) is 0.733. The Kier molecular flexibility index (Phi) is 6.99. The second kappa shape index (κ2) is 8.76. The summed E-state index contributed by atoms with van der Waals surface area (Å²) in [4.78, 5) is 2.48. The largest absolute Gasteiger partial charge is 0.464 e. The van der Waals surface area contributed by atoms with Crippen LogP contribution >= 0.6 is 11.8 Å². The van der Waals surface area contributed by atoms with Crippen LogP contribution in [0.4, 0.5) is 8.78 Å². The van der Waals surface area contributed by atoms with Crippen molar-refractivity contribution in [2.45, 2.75) is 37.8 Å². The highest BCUT2D eigenvalue weighted by Gasteiger charge is 2.17. The van der Waals surface area contributed by atoms with Crippen LogP contribution in [-0.4, -0.2) is 36.8 Å². The van der Waals surface area contributed by atoms with E-state index in [4.69, 9.17) is 4.42 Å². The summed E-state index contributed by atoms with van der Waals surface area (Å²) in [7, 11) is 0. The van der Waals surface area contributed by atoms with Gasteiger partial charge >= 0.3 is 0 Å². The summed E-state index contributed by atoms with van der Waals surface area (Å²) in [6, 6.07) is 3.65. The Morgan fingerprint density at radius 1 is 1.33 bits per heavy atom. The maximum atomic E-state index is 12.1. The minimum absolute atomic E-state index is 0.229. The first-order chi connectivity index (χ1) is 10.2.